The predicted octanol–water partition coefficient (Wildman–Crippen LogP) is 7.27. The van der Waals surface area contributed by atoms with Crippen LogP contribution in [0.15, 0.2) is 46.8 Å². The molecule has 3 heterocycles. The van der Waals surface area contributed by atoms with E-state index in [-0.39, 0.29) is 6.42 Å². The Morgan fingerprint density at radius 3 is 2.89 bits per heavy atom. The van der Waals surface area contributed by atoms with Crippen LogP contribution in [0.1, 0.15) is 44.1 Å². The molecular formula is C28H35ClN2O3S2. The van der Waals surface area contributed by atoms with E-state index < -0.39 is 5.97 Å². The summed E-state index contributed by atoms with van der Waals surface area (Å²) in [7, 11) is 1.69. The number of thiophene rings is 1. The zero-order chi connectivity index (χ0) is 25.3. The molecule has 2 unspecified atom stereocenters. The number of piperidine rings is 1. The van der Waals surface area contributed by atoms with Gasteiger partial charge in [-0.25, -0.2) is 0 Å². The number of halogens is 1. The molecule has 1 aliphatic heterocycles. The highest BCUT2D eigenvalue weighted by atomic mass is 35.5. The first-order valence-corrected chi connectivity index (χ1v) is 14.9. The van der Waals surface area contributed by atoms with Crippen molar-refractivity contribution in [1.29, 1.82) is 0 Å². The molecule has 1 N–H and O–H groups in total. The lowest BCUT2D eigenvalue weighted by Crippen LogP contribution is -2.41. The van der Waals surface area contributed by atoms with Crippen LogP contribution in [-0.2, 0) is 11.2 Å². The number of nitrogens with zero attached hydrogens (tertiary/aromatic N) is 2. The summed E-state index contributed by atoms with van der Waals surface area (Å²) in [4.78, 5) is 18.4. The zero-order valence-corrected chi connectivity index (χ0v) is 23.2. The smallest absolute Gasteiger partial charge is 0.303 e. The van der Waals surface area contributed by atoms with Crippen molar-refractivity contribution < 1.29 is 14.6 Å². The minimum Gasteiger partial charge on any atom is -0.497 e. The third-order valence-electron chi connectivity index (χ3n) is 7.18. The quantitative estimate of drug-likeness (QED) is 0.180. The third-order valence-corrected chi connectivity index (χ3v) is 9.72. The number of hydrogen-bond donors (Lipinski definition) is 1. The van der Waals surface area contributed by atoms with E-state index in [1.54, 1.807) is 18.4 Å². The summed E-state index contributed by atoms with van der Waals surface area (Å²) in [6, 6.07) is 12.2. The van der Waals surface area contributed by atoms with Gasteiger partial charge in [-0.2, -0.15) is 0 Å². The molecule has 2 aromatic heterocycles. The highest BCUT2D eigenvalue weighted by Gasteiger charge is 2.29. The molecule has 0 amide bonds. The van der Waals surface area contributed by atoms with Gasteiger partial charge in [0.1, 0.15) is 5.75 Å². The molecule has 5 nitrogen and oxygen atoms in total. The molecule has 0 spiro atoms. The number of aryl methyl sites for hydroxylation is 1. The number of ether oxygens (including phenoxy) is 1. The third kappa shape index (κ3) is 7.85. The molecule has 1 saturated heterocycles. The number of pyridine rings is 1. The highest BCUT2D eigenvalue weighted by molar-refractivity contribution is 8.01. The fraction of sp³-hybridized carbons (Fsp3) is 0.500. The fourth-order valence-corrected chi connectivity index (χ4v) is 7.60. The summed E-state index contributed by atoms with van der Waals surface area (Å²) in [6.07, 6.45) is 8.46. The molecule has 8 heteroatoms. The Bertz CT molecular complexity index is 1140. The first kappa shape index (κ1) is 27.2. The van der Waals surface area contributed by atoms with Crippen LogP contribution in [-0.4, -0.2) is 53.5 Å². The lowest BCUT2D eigenvalue weighted by Gasteiger charge is -2.39. The van der Waals surface area contributed by atoms with Crippen molar-refractivity contribution in [2.45, 2.75) is 49.2 Å². The number of benzene rings is 1. The molecule has 0 saturated carbocycles. The number of hydrogen-bond acceptors (Lipinski definition) is 6. The Morgan fingerprint density at radius 1 is 1.22 bits per heavy atom. The standard InChI is InChI=1S/C28H35ClN2O3S2/c1-34-23-7-8-25-24(18-23)21(12-14-30-25)5-2-4-20-13-16-31(19-22(20)6-10-27(32)33)15-3-17-35-28-11-9-26(29)36-28/h7-9,11-12,14,18,20,22H,2-6,10,13,15-17,19H2,1H3,(H,32,33). The van der Waals surface area contributed by atoms with Crippen molar-refractivity contribution >= 4 is 51.6 Å². The Morgan fingerprint density at radius 2 is 2.11 bits per heavy atom. The molecule has 0 aliphatic carbocycles. The van der Waals surface area contributed by atoms with Crippen LogP contribution in [0.5, 0.6) is 5.75 Å². The van der Waals surface area contributed by atoms with E-state index in [9.17, 15) is 9.90 Å². The van der Waals surface area contributed by atoms with Gasteiger partial charge in [0.15, 0.2) is 0 Å². The van der Waals surface area contributed by atoms with Crippen molar-refractivity contribution in [2.75, 3.05) is 32.5 Å². The van der Waals surface area contributed by atoms with E-state index in [1.807, 2.05) is 36.2 Å². The summed E-state index contributed by atoms with van der Waals surface area (Å²) in [6.45, 7) is 3.20. The van der Waals surface area contributed by atoms with Crippen LogP contribution < -0.4 is 4.74 Å². The number of methoxy groups -OCH3 is 1. The number of fused-ring (bicyclic) bond motifs is 1. The van der Waals surface area contributed by atoms with E-state index in [4.69, 9.17) is 16.3 Å². The van der Waals surface area contributed by atoms with Gasteiger partial charge in [0.2, 0.25) is 0 Å². The lowest BCUT2D eigenvalue weighted by molar-refractivity contribution is -0.137. The van der Waals surface area contributed by atoms with Gasteiger partial charge in [-0.05, 0) is 105 Å². The van der Waals surface area contributed by atoms with E-state index in [0.29, 0.717) is 11.8 Å². The molecule has 0 bridgehead atoms. The number of carbonyl (C=O) groups is 1. The Balaban J connectivity index is 1.28. The maximum absolute atomic E-state index is 11.3. The number of aliphatic carboxylic acids is 1. The predicted molar refractivity (Wildman–Crippen MR) is 151 cm³/mol. The summed E-state index contributed by atoms with van der Waals surface area (Å²) < 4.78 is 7.54. The first-order valence-electron chi connectivity index (χ1n) is 12.8. The second kappa shape index (κ2) is 13.7. The molecule has 1 fully saturated rings. The molecule has 1 aliphatic rings. The lowest BCUT2D eigenvalue weighted by atomic mass is 9.79. The summed E-state index contributed by atoms with van der Waals surface area (Å²) in [5.74, 6) is 2.30. The van der Waals surface area contributed by atoms with E-state index in [2.05, 4.69) is 28.1 Å². The number of rotatable bonds is 13. The number of carboxylic acids is 1. The minimum atomic E-state index is -0.686. The van der Waals surface area contributed by atoms with Crippen molar-refractivity contribution in [3.63, 3.8) is 0 Å². The normalized spacial score (nSPS) is 18.5. The number of likely N-dealkylation sites (tertiary alicyclic amines) is 1. The number of thioether (sulfide) groups is 1. The topological polar surface area (TPSA) is 62.7 Å². The van der Waals surface area contributed by atoms with Gasteiger partial charge in [0.25, 0.3) is 0 Å². The zero-order valence-electron chi connectivity index (χ0n) is 20.8. The van der Waals surface area contributed by atoms with Gasteiger partial charge in [-0.15, -0.1) is 23.1 Å². The maximum Gasteiger partial charge on any atom is 0.303 e. The van der Waals surface area contributed by atoms with Crippen LogP contribution in [0.2, 0.25) is 4.34 Å². The van der Waals surface area contributed by atoms with Crippen molar-refractivity contribution in [1.82, 2.24) is 9.88 Å². The molecule has 194 valence electrons. The van der Waals surface area contributed by atoms with Gasteiger partial charge in [-0.3, -0.25) is 9.78 Å². The van der Waals surface area contributed by atoms with Crippen molar-refractivity contribution in [2.24, 2.45) is 11.8 Å². The second-order valence-electron chi connectivity index (χ2n) is 9.55. The monoisotopic (exact) mass is 546 g/mol. The molecular weight excluding hydrogens is 512 g/mol. The SMILES string of the molecule is COc1ccc2nccc(CCCC3CCN(CCCSc4ccc(Cl)s4)CC3CCC(=O)O)c2c1. The summed E-state index contributed by atoms with van der Waals surface area (Å²) >= 11 is 9.55. The molecule has 3 aromatic rings. The largest absolute Gasteiger partial charge is 0.497 e. The van der Waals surface area contributed by atoms with Gasteiger partial charge >= 0.3 is 5.97 Å². The fourth-order valence-electron chi connectivity index (χ4n) is 5.29. The molecule has 4 rings (SSSR count). The van der Waals surface area contributed by atoms with Crippen LogP contribution in [0, 0.1) is 11.8 Å². The van der Waals surface area contributed by atoms with Crippen LogP contribution in [0.4, 0.5) is 0 Å². The van der Waals surface area contributed by atoms with E-state index >= 15 is 0 Å². The van der Waals surface area contributed by atoms with Gasteiger partial charge in [-0.1, -0.05) is 11.6 Å². The minimum absolute atomic E-state index is 0.263. The summed E-state index contributed by atoms with van der Waals surface area (Å²) in [5, 5.41) is 10.5. The second-order valence-corrected chi connectivity index (χ2v) is 12.7. The van der Waals surface area contributed by atoms with Crippen LogP contribution in [0.25, 0.3) is 10.9 Å². The first-order chi connectivity index (χ1) is 17.5. The Labute approximate surface area is 227 Å². The average molecular weight is 547 g/mol. The van der Waals surface area contributed by atoms with E-state index in [1.165, 1.54) is 9.77 Å². The Kier molecular flexibility index (Phi) is 10.3. The maximum atomic E-state index is 11.3. The number of aromatic nitrogens is 1. The van der Waals surface area contributed by atoms with Crippen LogP contribution in [0.3, 0.4) is 0 Å². The molecule has 36 heavy (non-hydrogen) atoms. The Hall–Kier alpha value is -1.80. The highest BCUT2D eigenvalue weighted by Crippen LogP contribution is 2.33. The van der Waals surface area contributed by atoms with Gasteiger partial charge in [0, 0.05) is 30.3 Å². The number of carboxylic acid groups (broad SMARTS) is 1. The van der Waals surface area contributed by atoms with E-state index in [0.717, 1.165) is 84.9 Å². The van der Waals surface area contributed by atoms with Crippen molar-refractivity contribution in [3.8, 4) is 5.75 Å². The molecule has 0 radical (unpaired) electrons. The van der Waals surface area contributed by atoms with Gasteiger partial charge in [0.05, 0.1) is 21.2 Å². The average Bonchev–Trinajstić information content (AvgIpc) is 3.30. The molecule has 2 atom stereocenters. The van der Waals surface area contributed by atoms with Crippen LogP contribution >= 0.6 is 34.7 Å². The molecule has 1 aromatic carbocycles. The summed E-state index contributed by atoms with van der Waals surface area (Å²) in [5.41, 5.74) is 2.31. The van der Waals surface area contributed by atoms with Gasteiger partial charge < -0.3 is 14.7 Å². The van der Waals surface area contributed by atoms with Crippen molar-refractivity contribution in [3.05, 3.63) is 52.5 Å².